The number of hydrogen-bond donors (Lipinski definition) is 0. The molecule has 220 valence electrons. The van der Waals surface area contributed by atoms with Crippen molar-refractivity contribution in [3.8, 4) is 16.3 Å². The summed E-state index contributed by atoms with van der Waals surface area (Å²) in [5, 5.41) is 2.99. The third-order valence-corrected chi connectivity index (χ3v) is 13.5. The van der Waals surface area contributed by atoms with Crippen LogP contribution in [0.2, 0.25) is 18.1 Å². The van der Waals surface area contributed by atoms with Crippen LogP contribution in [0.25, 0.3) is 10.6 Å². The van der Waals surface area contributed by atoms with E-state index >= 15 is 0 Å². The quantitative estimate of drug-likeness (QED) is 0.134. The number of carbonyl (C=O) groups excluding carboxylic acids is 1. The maximum absolute atomic E-state index is 11.9. The maximum Gasteiger partial charge on any atom is 0.311 e. The molecule has 0 radical (unpaired) electrons. The van der Waals surface area contributed by atoms with E-state index < -0.39 is 8.32 Å². The lowest BCUT2D eigenvalue weighted by atomic mass is 9.95. The molecule has 1 aliphatic heterocycles. The monoisotopic (exact) mass is 591 g/mol. The molecule has 0 amide bonds. The van der Waals surface area contributed by atoms with Crippen molar-refractivity contribution in [1.82, 2.24) is 14.8 Å². The van der Waals surface area contributed by atoms with Crippen LogP contribution in [-0.2, 0) is 16.0 Å². The molecule has 2 aromatic carbocycles. The summed E-state index contributed by atoms with van der Waals surface area (Å²) in [6, 6.07) is 17.6. The van der Waals surface area contributed by atoms with E-state index in [0.29, 0.717) is 6.61 Å². The van der Waals surface area contributed by atoms with Crippen LogP contribution >= 0.6 is 11.3 Å². The number of carbonyl (C=O) groups is 1. The van der Waals surface area contributed by atoms with Gasteiger partial charge in [-0.25, -0.2) is 4.98 Å². The highest BCUT2D eigenvalue weighted by Crippen LogP contribution is 2.39. The smallest absolute Gasteiger partial charge is 0.311 e. The predicted octanol–water partition coefficient (Wildman–Crippen LogP) is 7.19. The molecule has 1 fully saturated rings. The molecule has 1 unspecified atom stereocenters. The van der Waals surface area contributed by atoms with Crippen LogP contribution in [-0.4, -0.2) is 68.4 Å². The van der Waals surface area contributed by atoms with Gasteiger partial charge < -0.3 is 9.16 Å². The second-order valence-corrected chi connectivity index (χ2v) is 17.8. The summed E-state index contributed by atoms with van der Waals surface area (Å²) < 4.78 is 11.8. The van der Waals surface area contributed by atoms with Gasteiger partial charge in [0.1, 0.15) is 10.8 Å². The Bertz CT molecular complexity index is 1310. The molecule has 0 N–H and O–H groups in total. The molecule has 41 heavy (non-hydrogen) atoms. The van der Waals surface area contributed by atoms with E-state index in [1.807, 2.05) is 18.4 Å². The van der Waals surface area contributed by atoms with E-state index in [0.717, 1.165) is 54.7 Å². The van der Waals surface area contributed by atoms with Crippen LogP contribution < -0.4 is 4.43 Å². The Morgan fingerprint density at radius 1 is 1.10 bits per heavy atom. The molecular weight excluding hydrogens is 547 g/mol. The summed E-state index contributed by atoms with van der Waals surface area (Å²) in [4.78, 5) is 21.6. The van der Waals surface area contributed by atoms with Crippen molar-refractivity contribution in [3.05, 3.63) is 83.4 Å². The number of hydrogen-bond acceptors (Lipinski definition) is 7. The Labute approximate surface area is 251 Å². The van der Waals surface area contributed by atoms with Gasteiger partial charge in [-0.05, 0) is 48.3 Å². The fourth-order valence-corrected chi connectivity index (χ4v) is 6.73. The number of thiazole rings is 1. The van der Waals surface area contributed by atoms with Gasteiger partial charge in [0, 0.05) is 43.7 Å². The second-order valence-electron chi connectivity index (χ2n) is 12.2. The number of rotatable bonds is 11. The molecule has 1 atom stereocenters. The fourth-order valence-electron chi connectivity index (χ4n) is 4.89. The molecule has 2 heterocycles. The molecule has 3 aromatic rings. The van der Waals surface area contributed by atoms with Crippen molar-refractivity contribution in [1.29, 1.82) is 0 Å². The standard InChI is InChI=1S/C33H45N3O3SSi/c1-8-17-35-18-20-36(21-19-35)31(27-11-10-12-29(22-27)39-41(6,7)33(3,4)5)25-13-15-26(16-14-25)32-34-28(24-40-32)23-30(37)38-9-2/h8,10-16,22,24,31H,1,9,17-21,23H2,2-7H3. The van der Waals surface area contributed by atoms with Crippen LogP contribution in [0.4, 0.5) is 0 Å². The minimum atomic E-state index is -1.96. The summed E-state index contributed by atoms with van der Waals surface area (Å²) in [5.74, 6) is 0.716. The largest absolute Gasteiger partial charge is 0.543 e. The van der Waals surface area contributed by atoms with Gasteiger partial charge >= 0.3 is 5.97 Å². The lowest BCUT2D eigenvalue weighted by Gasteiger charge is -2.40. The Hall–Kier alpha value is -2.78. The average Bonchev–Trinajstić information content (AvgIpc) is 3.38. The molecule has 8 heteroatoms. The molecule has 1 saturated heterocycles. The topological polar surface area (TPSA) is 54.9 Å². The zero-order valence-electron chi connectivity index (χ0n) is 25.5. The van der Waals surface area contributed by atoms with Gasteiger partial charge in [0.2, 0.25) is 8.32 Å². The van der Waals surface area contributed by atoms with Crippen molar-refractivity contribution in [3.63, 3.8) is 0 Å². The van der Waals surface area contributed by atoms with Gasteiger partial charge in [-0.1, -0.05) is 63.2 Å². The Morgan fingerprint density at radius 3 is 2.44 bits per heavy atom. The van der Waals surface area contributed by atoms with Crippen molar-refractivity contribution >= 4 is 25.6 Å². The highest BCUT2D eigenvalue weighted by Gasteiger charge is 2.39. The molecule has 1 aliphatic rings. The summed E-state index contributed by atoms with van der Waals surface area (Å²) >= 11 is 1.56. The molecule has 0 bridgehead atoms. The highest BCUT2D eigenvalue weighted by molar-refractivity contribution is 7.13. The van der Waals surface area contributed by atoms with Crippen molar-refractivity contribution in [2.75, 3.05) is 39.3 Å². The summed E-state index contributed by atoms with van der Waals surface area (Å²) in [6.07, 6.45) is 2.19. The van der Waals surface area contributed by atoms with Gasteiger partial charge in [-0.3, -0.25) is 14.6 Å². The first-order valence-corrected chi connectivity index (χ1v) is 18.4. The van der Waals surface area contributed by atoms with Crippen molar-refractivity contribution in [2.45, 2.75) is 58.3 Å². The number of aromatic nitrogens is 1. The van der Waals surface area contributed by atoms with Crippen molar-refractivity contribution < 1.29 is 14.0 Å². The highest BCUT2D eigenvalue weighted by atomic mass is 32.1. The molecule has 6 nitrogen and oxygen atoms in total. The second kappa shape index (κ2) is 13.5. The van der Waals surface area contributed by atoms with E-state index in [1.165, 1.54) is 11.1 Å². The number of esters is 1. The Morgan fingerprint density at radius 2 is 1.80 bits per heavy atom. The molecule has 0 spiro atoms. The zero-order valence-corrected chi connectivity index (χ0v) is 27.3. The number of nitrogens with zero attached hydrogens (tertiary/aromatic N) is 3. The maximum atomic E-state index is 11.9. The van der Waals surface area contributed by atoms with E-state index in [4.69, 9.17) is 14.1 Å². The third-order valence-electron chi connectivity index (χ3n) is 8.17. The normalized spacial score (nSPS) is 15.9. The minimum Gasteiger partial charge on any atom is -0.543 e. The number of ether oxygens (including phenoxy) is 1. The van der Waals surface area contributed by atoms with Crippen LogP contribution in [0.5, 0.6) is 5.75 Å². The van der Waals surface area contributed by atoms with Gasteiger partial charge in [0.05, 0.1) is 24.8 Å². The van der Waals surface area contributed by atoms with E-state index in [-0.39, 0.29) is 23.5 Å². The summed E-state index contributed by atoms with van der Waals surface area (Å²) in [5.41, 5.74) is 4.30. The molecule has 0 aliphatic carbocycles. The van der Waals surface area contributed by atoms with Gasteiger partial charge in [0.15, 0.2) is 0 Å². The SMILES string of the molecule is C=CCN1CCN(C(c2ccc(-c3nc(CC(=O)OCC)cs3)cc2)c2cccc(O[Si](C)(C)C(C)(C)C)c2)CC1. The van der Waals surface area contributed by atoms with Crippen LogP contribution in [0.1, 0.15) is 50.6 Å². The number of piperazine rings is 1. The average molecular weight is 592 g/mol. The van der Waals surface area contributed by atoms with E-state index in [1.54, 1.807) is 11.3 Å². The first-order valence-electron chi connectivity index (χ1n) is 14.6. The van der Waals surface area contributed by atoms with Crippen LogP contribution in [0, 0.1) is 0 Å². The van der Waals surface area contributed by atoms with Crippen LogP contribution in [0.3, 0.4) is 0 Å². The Kier molecular flexibility index (Phi) is 10.2. The third kappa shape index (κ3) is 7.95. The van der Waals surface area contributed by atoms with Gasteiger partial charge in [-0.2, -0.15) is 0 Å². The Balaban J connectivity index is 1.61. The summed E-state index contributed by atoms with van der Waals surface area (Å²) in [7, 11) is -1.96. The minimum absolute atomic E-state index is 0.119. The van der Waals surface area contributed by atoms with Gasteiger partial charge in [0.25, 0.3) is 0 Å². The fraction of sp³-hybridized carbons (Fsp3) is 0.455. The zero-order chi connectivity index (χ0) is 29.6. The van der Waals surface area contributed by atoms with E-state index in [2.05, 4.69) is 98.8 Å². The van der Waals surface area contributed by atoms with E-state index in [9.17, 15) is 4.79 Å². The predicted molar refractivity (Wildman–Crippen MR) is 172 cm³/mol. The molecule has 0 saturated carbocycles. The molecule has 1 aromatic heterocycles. The lowest BCUT2D eigenvalue weighted by Crippen LogP contribution is -2.47. The summed E-state index contributed by atoms with van der Waals surface area (Å²) in [6.45, 7) is 22.5. The molecule has 4 rings (SSSR count). The molecular formula is C33H45N3O3SSi. The first-order chi connectivity index (χ1) is 19.5. The lowest BCUT2D eigenvalue weighted by molar-refractivity contribution is -0.142. The van der Waals surface area contributed by atoms with Crippen molar-refractivity contribution in [2.24, 2.45) is 0 Å². The first kappa shape index (κ1) is 31.2. The van der Waals surface area contributed by atoms with Gasteiger partial charge in [-0.15, -0.1) is 17.9 Å². The number of benzene rings is 2. The van der Waals surface area contributed by atoms with Crippen LogP contribution in [0.15, 0.2) is 66.6 Å².